The molecule has 0 spiro atoms. The van der Waals surface area contributed by atoms with E-state index in [0.717, 1.165) is 54.9 Å². The van der Waals surface area contributed by atoms with E-state index in [-0.39, 0.29) is 0 Å². The molecule has 1 aromatic heterocycles. The molecule has 0 saturated carbocycles. The van der Waals surface area contributed by atoms with Gasteiger partial charge in [-0.2, -0.15) is 0 Å². The zero-order valence-corrected chi connectivity index (χ0v) is 11.9. The van der Waals surface area contributed by atoms with Crippen molar-refractivity contribution in [1.82, 2.24) is 9.88 Å². The van der Waals surface area contributed by atoms with E-state index in [4.69, 9.17) is 15.5 Å². The number of benzene rings is 1. The number of rotatable bonds is 3. The first-order valence-electron chi connectivity index (χ1n) is 7.16. The Labute approximate surface area is 119 Å². The molecule has 1 aromatic carbocycles. The number of nitrogen functional groups attached to an aromatic ring is 1. The molecule has 4 nitrogen and oxygen atoms in total. The van der Waals surface area contributed by atoms with E-state index in [1.165, 1.54) is 0 Å². The van der Waals surface area contributed by atoms with E-state index in [9.17, 15) is 0 Å². The van der Waals surface area contributed by atoms with Gasteiger partial charge in [-0.3, -0.25) is 9.88 Å². The Bertz CT molecular complexity index is 593. The Kier molecular flexibility index (Phi) is 3.85. The molecule has 0 atom stereocenters. The second kappa shape index (κ2) is 5.77. The average molecular weight is 271 g/mol. The Balaban J connectivity index is 1.80. The minimum Gasteiger partial charge on any atom is -0.398 e. The molecule has 0 unspecified atom stereocenters. The van der Waals surface area contributed by atoms with Crippen LogP contribution in [0.5, 0.6) is 0 Å². The van der Waals surface area contributed by atoms with Gasteiger partial charge in [-0.25, -0.2) is 0 Å². The van der Waals surface area contributed by atoms with Crippen LogP contribution < -0.4 is 5.73 Å². The third-order valence-electron chi connectivity index (χ3n) is 4.03. The topological polar surface area (TPSA) is 51.4 Å². The number of fused-ring (bicyclic) bond motifs is 1. The van der Waals surface area contributed by atoms with Crippen molar-refractivity contribution in [3.8, 4) is 0 Å². The quantitative estimate of drug-likeness (QED) is 0.931. The van der Waals surface area contributed by atoms with Crippen molar-refractivity contribution in [2.75, 3.05) is 26.0 Å². The van der Waals surface area contributed by atoms with Crippen molar-refractivity contribution in [2.24, 2.45) is 0 Å². The molecule has 106 valence electrons. The monoisotopic (exact) mass is 271 g/mol. The summed E-state index contributed by atoms with van der Waals surface area (Å²) in [6, 6.07) is 10.6. The highest BCUT2D eigenvalue weighted by molar-refractivity contribution is 5.90. The van der Waals surface area contributed by atoms with Gasteiger partial charge in [-0.1, -0.05) is 18.2 Å². The number of hydrogen-bond acceptors (Lipinski definition) is 4. The van der Waals surface area contributed by atoms with Gasteiger partial charge in [0, 0.05) is 36.9 Å². The molecule has 0 amide bonds. The molecular formula is C16H21N3O. The van der Waals surface area contributed by atoms with Gasteiger partial charge in [0.05, 0.1) is 11.2 Å². The predicted molar refractivity (Wildman–Crippen MR) is 81.5 cm³/mol. The third kappa shape index (κ3) is 2.76. The van der Waals surface area contributed by atoms with E-state index in [1.807, 2.05) is 30.3 Å². The zero-order valence-electron chi connectivity index (χ0n) is 11.9. The first-order valence-corrected chi connectivity index (χ1v) is 7.16. The maximum atomic E-state index is 6.13. The maximum Gasteiger partial charge on any atom is 0.0726 e. The van der Waals surface area contributed by atoms with E-state index >= 15 is 0 Å². The molecule has 1 saturated heterocycles. The minimum atomic E-state index is 0.582. The summed E-state index contributed by atoms with van der Waals surface area (Å²) in [5.41, 5.74) is 8.96. The molecule has 2 N–H and O–H groups in total. The highest BCUT2D eigenvalue weighted by Crippen LogP contribution is 2.22. The number of aromatic nitrogens is 1. The minimum absolute atomic E-state index is 0.582. The summed E-state index contributed by atoms with van der Waals surface area (Å²) in [6.07, 6.45) is 2.19. The number of hydrogen-bond donors (Lipinski definition) is 1. The number of para-hydroxylation sites is 1. The summed E-state index contributed by atoms with van der Waals surface area (Å²) in [7, 11) is 2.16. The standard InChI is InChI=1S/C16H21N3O/c1-19(13-6-8-20-9-7-13)11-12-10-15(17)14-4-2-3-5-16(14)18-12/h2-5,10,13H,6-9,11H2,1H3,(H2,17,18). The van der Waals surface area contributed by atoms with Gasteiger partial charge in [-0.15, -0.1) is 0 Å². The van der Waals surface area contributed by atoms with Crippen LogP contribution in [0.1, 0.15) is 18.5 Å². The molecule has 2 heterocycles. The van der Waals surface area contributed by atoms with Crippen LogP contribution in [0.15, 0.2) is 30.3 Å². The van der Waals surface area contributed by atoms with Crippen LogP contribution >= 0.6 is 0 Å². The highest BCUT2D eigenvalue weighted by Gasteiger charge is 2.19. The van der Waals surface area contributed by atoms with Crippen LogP contribution in [0, 0.1) is 0 Å². The molecule has 1 fully saturated rings. The van der Waals surface area contributed by atoms with E-state index in [2.05, 4.69) is 11.9 Å². The first kappa shape index (κ1) is 13.3. The molecule has 3 rings (SSSR count). The van der Waals surface area contributed by atoms with Gasteiger partial charge in [0.1, 0.15) is 0 Å². The van der Waals surface area contributed by atoms with Crippen LogP contribution in [0.2, 0.25) is 0 Å². The molecule has 20 heavy (non-hydrogen) atoms. The van der Waals surface area contributed by atoms with Crippen molar-refractivity contribution >= 4 is 16.6 Å². The first-order chi connectivity index (χ1) is 9.74. The fraction of sp³-hybridized carbons (Fsp3) is 0.438. The van der Waals surface area contributed by atoms with Crippen LogP contribution in [0.3, 0.4) is 0 Å². The summed E-state index contributed by atoms with van der Waals surface area (Å²) < 4.78 is 5.41. The Morgan fingerprint density at radius 2 is 2.05 bits per heavy atom. The Morgan fingerprint density at radius 3 is 2.85 bits per heavy atom. The second-order valence-corrected chi connectivity index (χ2v) is 5.48. The van der Waals surface area contributed by atoms with Crippen molar-refractivity contribution in [1.29, 1.82) is 0 Å². The molecule has 1 aliphatic heterocycles. The van der Waals surface area contributed by atoms with Crippen LogP contribution in [0.25, 0.3) is 10.9 Å². The van der Waals surface area contributed by atoms with Gasteiger partial charge >= 0.3 is 0 Å². The Hall–Kier alpha value is -1.65. The fourth-order valence-corrected chi connectivity index (χ4v) is 2.85. The van der Waals surface area contributed by atoms with Crippen molar-refractivity contribution < 1.29 is 4.74 Å². The van der Waals surface area contributed by atoms with Crippen LogP contribution in [-0.4, -0.2) is 36.2 Å². The number of nitrogens with two attached hydrogens (primary N) is 1. The number of nitrogens with zero attached hydrogens (tertiary/aromatic N) is 2. The van der Waals surface area contributed by atoms with Crippen molar-refractivity contribution in [3.63, 3.8) is 0 Å². The molecule has 0 aliphatic carbocycles. The van der Waals surface area contributed by atoms with Crippen LogP contribution in [-0.2, 0) is 11.3 Å². The zero-order chi connectivity index (χ0) is 13.9. The lowest BCUT2D eigenvalue weighted by Gasteiger charge is -2.31. The van der Waals surface area contributed by atoms with E-state index < -0.39 is 0 Å². The van der Waals surface area contributed by atoms with E-state index in [1.54, 1.807) is 0 Å². The second-order valence-electron chi connectivity index (χ2n) is 5.48. The van der Waals surface area contributed by atoms with Gasteiger partial charge in [0.2, 0.25) is 0 Å². The van der Waals surface area contributed by atoms with Crippen molar-refractivity contribution in [3.05, 3.63) is 36.0 Å². The summed E-state index contributed by atoms with van der Waals surface area (Å²) in [5, 5.41) is 1.03. The van der Waals surface area contributed by atoms with Crippen molar-refractivity contribution in [2.45, 2.75) is 25.4 Å². The molecule has 4 heteroatoms. The smallest absolute Gasteiger partial charge is 0.0726 e. The summed E-state index contributed by atoms with van der Waals surface area (Å²) in [6.45, 7) is 2.56. The largest absolute Gasteiger partial charge is 0.398 e. The molecule has 0 radical (unpaired) electrons. The molecule has 2 aromatic rings. The summed E-state index contributed by atoms with van der Waals surface area (Å²) >= 11 is 0. The van der Waals surface area contributed by atoms with Crippen LogP contribution in [0.4, 0.5) is 5.69 Å². The average Bonchev–Trinajstić information content (AvgIpc) is 2.48. The normalized spacial score (nSPS) is 16.9. The third-order valence-corrected chi connectivity index (χ3v) is 4.03. The van der Waals surface area contributed by atoms with E-state index in [0.29, 0.717) is 6.04 Å². The Morgan fingerprint density at radius 1 is 1.30 bits per heavy atom. The van der Waals surface area contributed by atoms with Gasteiger partial charge in [0.15, 0.2) is 0 Å². The fourth-order valence-electron chi connectivity index (χ4n) is 2.85. The lowest BCUT2D eigenvalue weighted by Crippen LogP contribution is -2.36. The SMILES string of the molecule is CN(Cc1cc(N)c2ccccc2n1)C1CCOCC1. The van der Waals surface area contributed by atoms with Gasteiger partial charge < -0.3 is 10.5 Å². The summed E-state index contributed by atoms with van der Waals surface area (Å²) in [5.74, 6) is 0. The lowest BCUT2D eigenvalue weighted by atomic mass is 10.1. The number of anilines is 1. The van der Waals surface area contributed by atoms with Gasteiger partial charge in [0.25, 0.3) is 0 Å². The number of ether oxygens (including phenoxy) is 1. The predicted octanol–water partition coefficient (Wildman–Crippen LogP) is 2.43. The summed E-state index contributed by atoms with van der Waals surface area (Å²) in [4.78, 5) is 7.08. The number of pyridine rings is 1. The molecular weight excluding hydrogens is 250 g/mol. The molecule has 1 aliphatic rings. The molecule has 0 bridgehead atoms. The highest BCUT2D eigenvalue weighted by atomic mass is 16.5. The lowest BCUT2D eigenvalue weighted by molar-refractivity contribution is 0.0403. The van der Waals surface area contributed by atoms with Gasteiger partial charge in [-0.05, 0) is 32.0 Å². The maximum absolute atomic E-state index is 6.13.